The van der Waals surface area contributed by atoms with E-state index in [0.29, 0.717) is 12.8 Å². The summed E-state index contributed by atoms with van der Waals surface area (Å²) in [5.74, 6) is -0.116. The molecule has 4 nitrogen and oxygen atoms in total. The maximum atomic E-state index is 13.3. The van der Waals surface area contributed by atoms with Crippen molar-refractivity contribution in [2.45, 2.75) is 19.3 Å². The fraction of sp³-hybridized carbons (Fsp3) is 0.381. The van der Waals surface area contributed by atoms with Gasteiger partial charge in [-0.25, -0.2) is 4.39 Å². The number of carbonyl (C=O) groups excluding carboxylic acids is 1. The van der Waals surface area contributed by atoms with Gasteiger partial charge in [-0.3, -0.25) is 4.79 Å². The molecule has 0 aromatic rings. The number of hydrogen-bond donors (Lipinski definition) is 1. The minimum absolute atomic E-state index is 0.127. The number of allylic oxidation sites excluding steroid dienone is 9. The number of amides is 1. The second-order valence-electron chi connectivity index (χ2n) is 6.83. The number of piperazine rings is 1. The summed E-state index contributed by atoms with van der Waals surface area (Å²) in [5, 5.41) is 3.36. The van der Waals surface area contributed by atoms with Crippen molar-refractivity contribution in [3.63, 3.8) is 0 Å². The van der Waals surface area contributed by atoms with Gasteiger partial charge >= 0.3 is 0 Å². The van der Waals surface area contributed by atoms with Crippen molar-refractivity contribution in [1.82, 2.24) is 15.1 Å². The summed E-state index contributed by atoms with van der Waals surface area (Å²) in [7, 11) is 2.08. The van der Waals surface area contributed by atoms with Crippen molar-refractivity contribution in [3.8, 4) is 0 Å². The lowest BCUT2D eigenvalue weighted by Crippen LogP contribution is -2.47. The average molecular weight is 355 g/mol. The zero-order valence-electron chi connectivity index (χ0n) is 15.2. The summed E-state index contributed by atoms with van der Waals surface area (Å²) in [5.41, 5.74) is 2.75. The number of nitrogens with one attached hydrogen (secondary N) is 1. The quantitative estimate of drug-likeness (QED) is 0.790. The Balaban J connectivity index is 1.70. The molecule has 1 aliphatic heterocycles. The third-order valence-corrected chi connectivity index (χ3v) is 4.77. The number of nitrogens with zero attached hydrogens (tertiary/aromatic N) is 2. The van der Waals surface area contributed by atoms with E-state index in [-0.39, 0.29) is 11.7 Å². The molecule has 138 valence electrons. The normalized spacial score (nSPS) is 25.7. The first-order valence-corrected chi connectivity index (χ1v) is 9.14. The van der Waals surface area contributed by atoms with Gasteiger partial charge < -0.3 is 15.1 Å². The van der Waals surface area contributed by atoms with Gasteiger partial charge in [0.05, 0.1) is 0 Å². The number of carbonyl (C=O) groups is 1. The highest BCUT2D eigenvalue weighted by molar-refractivity contribution is 5.94. The van der Waals surface area contributed by atoms with Gasteiger partial charge in [-0.15, -0.1) is 0 Å². The molecule has 0 unspecified atom stereocenters. The Morgan fingerprint density at radius 3 is 2.35 bits per heavy atom. The van der Waals surface area contributed by atoms with Gasteiger partial charge in [-0.2, -0.15) is 0 Å². The molecule has 1 N–H and O–H groups in total. The van der Waals surface area contributed by atoms with Crippen molar-refractivity contribution in [1.29, 1.82) is 0 Å². The largest absolute Gasteiger partial charge is 0.362 e. The predicted octanol–water partition coefficient (Wildman–Crippen LogP) is 3.21. The fourth-order valence-electron chi connectivity index (χ4n) is 3.12. The van der Waals surface area contributed by atoms with E-state index >= 15 is 0 Å². The summed E-state index contributed by atoms with van der Waals surface area (Å²) in [6.07, 6.45) is 16.6. The zero-order valence-corrected chi connectivity index (χ0v) is 15.2. The molecule has 0 aromatic heterocycles. The average Bonchev–Trinajstić information content (AvgIpc) is 2.82. The van der Waals surface area contributed by atoms with Crippen LogP contribution in [0.3, 0.4) is 0 Å². The standard InChI is InChI=1S/C21H26FN3O/c1-24-13-15-25(16-14-24)21(26)17-5-2-3-7-19(11-9-17)23-20-8-4-6-18(22)10-12-20/h2-4,6,9-12,23H,5,7-8,13-16H2,1H3/b3-2?,17-9+,19-11+. The molecule has 0 spiro atoms. The Hall–Kier alpha value is -2.40. The molecule has 3 aliphatic rings. The minimum Gasteiger partial charge on any atom is -0.362 e. The van der Waals surface area contributed by atoms with Crippen LogP contribution in [0, 0.1) is 0 Å². The van der Waals surface area contributed by atoms with Gasteiger partial charge in [0.2, 0.25) is 5.91 Å². The Morgan fingerprint density at radius 1 is 0.923 bits per heavy atom. The van der Waals surface area contributed by atoms with E-state index in [1.165, 1.54) is 12.2 Å². The van der Waals surface area contributed by atoms with Crippen molar-refractivity contribution < 1.29 is 9.18 Å². The van der Waals surface area contributed by atoms with Gasteiger partial charge in [-0.1, -0.05) is 24.3 Å². The van der Waals surface area contributed by atoms with Crippen LogP contribution in [-0.4, -0.2) is 48.9 Å². The second kappa shape index (κ2) is 8.81. The predicted molar refractivity (Wildman–Crippen MR) is 103 cm³/mol. The molecule has 5 heteroatoms. The van der Waals surface area contributed by atoms with Gasteiger partial charge in [0, 0.05) is 56.0 Å². The lowest BCUT2D eigenvalue weighted by molar-refractivity contribution is -0.128. The van der Waals surface area contributed by atoms with E-state index in [4.69, 9.17) is 0 Å². The first-order valence-electron chi connectivity index (χ1n) is 9.14. The third kappa shape index (κ3) is 5.05. The summed E-state index contributed by atoms with van der Waals surface area (Å²) in [6.45, 7) is 3.40. The van der Waals surface area contributed by atoms with Crippen LogP contribution < -0.4 is 5.32 Å². The summed E-state index contributed by atoms with van der Waals surface area (Å²) >= 11 is 0. The van der Waals surface area contributed by atoms with E-state index in [1.54, 1.807) is 12.2 Å². The smallest absolute Gasteiger partial charge is 0.250 e. The molecule has 1 heterocycles. The number of likely N-dealkylation sites (N-methyl/N-ethyl adjacent to an activating group) is 1. The fourth-order valence-corrected chi connectivity index (χ4v) is 3.12. The van der Waals surface area contributed by atoms with Crippen molar-refractivity contribution >= 4 is 5.91 Å². The van der Waals surface area contributed by atoms with Gasteiger partial charge in [-0.05, 0) is 37.8 Å². The Kier molecular flexibility index (Phi) is 6.23. The van der Waals surface area contributed by atoms with Crippen LogP contribution in [0.4, 0.5) is 4.39 Å². The molecular weight excluding hydrogens is 329 g/mol. The molecule has 0 aromatic carbocycles. The van der Waals surface area contributed by atoms with Gasteiger partial charge in [0.1, 0.15) is 5.83 Å². The molecule has 1 fully saturated rings. The van der Waals surface area contributed by atoms with Gasteiger partial charge in [0.15, 0.2) is 0 Å². The first kappa shape index (κ1) is 18.4. The van der Waals surface area contributed by atoms with Crippen molar-refractivity contribution in [2.75, 3.05) is 33.2 Å². The highest BCUT2D eigenvalue weighted by Gasteiger charge is 2.21. The zero-order chi connectivity index (χ0) is 18.4. The van der Waals surface area contributed by atoms with E-state index in [1.807, 2.05) is 17.1 Å². The molecule has 1 saturated heterocycles. The van der Waals surface area contributed by atoms with E-state index in [0.717, 1.165) is 49.6 Å². The third-order valence-electron chi connectivity index (χ3n) is 4.77. The van der Waals surface area contributed by atoms with E-state index < -0.39 is 0 Å². The van der Waals surface area contributed by atoms with Gasteiger partial charge in [0.25, 0.3) is 0 Å². The molecule has 26 heavy (non-hydrogen) atoms. The number of hydrogen-bond acceptors (Lipinski definition) is 3. The van der Waals surface area contributed by atoms with E-state index in [9.17, 15) is 9.18 Å². The van der Waals surface area contributed by atoms with Crippen LogP contribution in [0.5, 0.6) is 0 Å². The van der Waals surface area contributed by atoms with Crippen LogP contribution >= 0.6 is 0 Å². The number of halogens is 1. The summed E-state index contributed by atoms with van der Waals surface area (Å²) in [6, 6.07) is 0. The van der Waals surface area contributed by atoms with Crippen LogP contribution in [0.1, 0.15) is 19.3 Å². The van der Waals surface area contributed by atoms with Crippen LogP contribution in [0.25, 0.3) is 0 Å². The minimum atomic E-state index is -0.242. The lowest BCUT2D eigenvalue weighted by atomic mass is 10.1. The summed E-state index contributed by atoms with van der Waals surface area (Å²) < 4.78 is 13.3. The van der Waals surface area contributed by atoms with E-state index in [2.05, 4.69) is 29.4 Å². The van der Waals surface area contributed by atoms with Crippen molar-refractivity contribution in [3.05, 3.63) is 71.4 Å². The molecular formula is C21H26FN3O. The Morgan fingerprint density at radius 2 is 1.58 bits per heavy atom. The van der Waals surface area contributed by atoms with Crippen LogP contribution in [0.15, 0.2) is 71.4 Å². The molecule has 0 bridgehead atoms. The highest BCUT2D eigenvalue weighted by Crippen LogP contribution is 2.17. The number of rotatable bonds is 3. The SMILES string of the molecule is CN1CCN(C(=O)/C2=C/C=C(/NC3=CC=C(F)C=CC3)CC=CC2)CC1. The molecule has 1 amide bonds. The molecule has 0 saturated carbocycles. The first-order chi connectivity index (χ1) is 12.6. The molecule has 3 rings (SSSR count). The topological polar surface area (TPSA) is 35.6 Å². The van der Waals surface area contributed by atoms with Crippen molar-refractivity contribution in [2.24, 2.45) is 0 Å². The van der Waals surface area contributed by atoms with Crippen LogP contribution in [0.2, 0.25) is 0 Å². The molecule has 2 aliphatic carbocycles. The maximum Gasteiger partial charge on any atom is 0.250 e. The lowest BCUT2D eigenvalue weighted by Gasteiger charge is -2.33. The maximum absolute atomic E-state index is 13.3. The molecule has 0 atom stereocenters. The van der Waals surface area contributed by atoms with Crippen LogP contribution in [-0.2, 0) is 4.79 Å². The Labute approximate surface area is 154 Å². The second-order valence-corrected chi connectivity index (χ2v) is 6.83. The highest BCUT2D eigenvalue weighted by atomic mass is 19.1. The monoisotopic (exact) mass is 355 g/mol. The Bertz CT molecular complexity index is 720. The summed E-state index contributed by atoms with van der Waals surface area (Å²) in [4.78, 5) is 17.0. The molecule has 0 radical (unpaired) electrons.